The molecule has 2 aromatic carbocycles. The van der Waals surface area contributed by atoms with E-state index in [9.17, 15) is 23.3 Å². The summed E-state index contributed by atoms with van der Waals surface area (Å²) in [6.07, 6.45) is 3.68. The summed E-state index contributed by atoms with van der Waals surface area (Å²) in [6, 6.07) is 11.0. The molecule has 1 atom stereocenters. The lowest BCUT2D eigenvalue weighted by atomic mass is 10.1. The first-order chi connectivity index (χ1) is 16.1. The minimum Gasteiger partial charge on any atom is -0.350 e. The molecule has 0 bridgehead atoms. The van der Waals surface area contributed by atoms with Crippen LogP contribution >= 0.6 is 0 Å². The Morgan fingerprint density at radius 1 is 1.15 bits per heavy atom. The van der Waals surface area contributed by atoms with E-state index in [1.807, 2.05) is 24.3 Å². The van der Waals surface area contributed by atoms with Crippen molar-refractivity contribution in [1.82, 2.24) is 10.2 Å². The van der Waals surface area contributed by atoms with Gasteiger partial charge in [0, 0.05) is 25.2 Å². The first-order valence-corrected chi connectivity index (χ1v) is 13.3. The summed E-state index contributed by atoms with van der Waals surface area (Å²) < 4.78 is 26.4. The molecule has 1 saturated heterocycles. The van der Waals surface area contributed by atoms with Crippen LogP contribution in [0.15, 0.2) is 42.5 Å². The third-order valence-electron chi connectivity index (χ3n) is 6.07. The second kappa shape index (κ2) is 11.0. The van der Waals surface area contributed by atoms with Crippen molar-refractivity contribution in [1.29, 1.82) is 0 Å². The lowest BCUT2D eigenvalue weighted by Crippen LogP contribution is -2.49. The zero-order valence-corrected chi connectivity index (χ0v) is 20.7. The van der Waals surface area contributed by atoms with Gasteiger partial charge in [-0.15, -0.1) is 0 Å². The fourth-order valence-electron chi connectivity index (χ4n) is 4.25. The minimum atomic E-state index is -3.89. The molecule has 10 heteroatoms. The van der Waals surface area contributed by atoms with E-state index in [-0.39, 0.29) is 24.3 Å². The van der Waals surface area contributed by atoms with Gasteiger partial charge in [-0.2, -0.15) is 0 Å². The fraction of sp³-hybridized carbons (Fsp3) is 0.458. The molecule has 0 spiro atoms. The van der Waals surface area contributed by atoms with Gasteiger partial charge < -0.3 is 5.32 Å². The first-order valence-electron chi connectivity index (χ1n) is 11.4. The summed E-state index contributed by atoms with van der Waals surface area (Å²) in [5, 5.41) is 14.1. The van der Waals surface area contributed by atoms with Crippen LogP contribution < -0.4 is 9.62 Å². The van der Waals surface area contributed by atoms with Crippen LogP contribution in [0.3, 0.4) is 0 Å². The summed E-state index contributed by atoms with van der Waals surface area (Å²) in [5.74, 6) is -0.458. The monoisotopic (exact) mass is 488 g/mol. The minimum absolute atomic E-state index is 0.130. The quantitative estimate of drug-likeness (QED) is 0.405. The molecule has 184 valence electrons. The number of anilines is 1. The summed E-state index contributed by atoms with van der Waals surface area (Å²) in [7, 11) is -3.89. The van der Waals surface area contributed by atoms with Crippen molar-refractivity contribution in [3.63, 3.8) is 0 Å². The standard InChI is InChI=1S/C24H32N4O5S/c1-4-22(27(34(3,32)33)23-15-21(28(30)31)12-7-18(23)2)24(29)25-16-19-8-10-20(11-9-19)17-26-13-5-6-14-26/h7-12,15,22H,4-6,13-14,16-17H2,1-3H3,(H,25,29). The van der Waals surface area contributed by atoms with E-state index in [0.717, 1.165) is 35.8 Å². The molecule has 1 fully saturated rings. The van der Waals surface area contributed by atoms with E-state index in [4.69, 9.17) is 0 Å². The van der Waals surface area contributed by atoms with Crippen molar-refractivity contribution in [3.05, 3.63) is 69.3 Å². The Morgan fingerprint density at radius 2 is 1.76 bits per heavy atom. The molecule has 9 nitrogen and oxygen atoms in total. The maximum atomic E-state index is 13.1. The number of hydrogen-bond donors (Lipinski definition) is 1. The third kappa shape index (κ3) is 6.32. The maximum Gasteiger partial charge on any atom is 0.271 e. The number of nitro benzene ring substituents is 1. The number of likely N-dealkylation sites (tertiary alicyclic amines) is 1. The van der Waals surface area contributed by atoms with Gasteiger partial charge in [0.1, 0.15) is 6.04 Å². The van der Waals surface area contributed by atoms with Gasteiger partial charge in [0.25, 0.3) is 5.69 Å². The molecule has 1 aliphatic rings. The van der Waals surface area contributed by atoms with E-state index in [1.54, 1.807) is 13.8 Å². The van der Waals surface area contributed by atoms with Gasteiger partial charge in [0.15, 0.2) is 0 Å². The third-order valence-corrected chi connectivity index (χ3v) is 7.23. The number of amides is 1. The van der Waals surface area contributed by atoms with E-state index < -0.39 is 26.9 Å². The van der Waals surface area contributed by atoms with Crippen LogP contribution in [0.5, 0.6) is 0 Å². The van der Waals surface area contributed by atoms with Crippen molar-refractivity contribution in [3.8, 4) is 0 Å². The molecule has 34 heavy (non-hydrogen) atoms. The number of benzene rings is 2. The van der Waals surface area contributed by atoms with E-state index in [2.05, 4.69) is 10.2 Å². The Labute approximate surface area is 201 Å². The van der Waals surface area contributed by atoms with Crippen molar-refractivity contribution in [2.75, 3.05) is 23.7 Å². The van der Waals surface area contributed by atoms with Crippen LogP contribution in [0.2, 0.25) is 0 Å². The molecule has 1 heterocycles. The lowest BCUT2D eigenvalue weighted by Gasteiger charge is -2.31. The normalized spacial score (nSPS) is 15.1. The second-order valence-electron chi connectivity index (χ2n) is 8.73. The molecule has 0 radical (unpaired) electrons. The molecule has 1 aliphatic heterocycles. The number of non-ortho nitro benzene ring substituents is 1. The number of rotatable bonds is 10. The van der Waals surface area contributed by atoms with Gasteiger partial charge in [0.05, 0.1) is 16.9 Å². The van der Waals surface area contributed by atoms with Crippen molar-refractivity contribution in [2.24, 2.45) is 0 Å². The second-order valence-corrected chi connectivity index (χ2v) is 10.6. The summed E-state index contributed by atoms with van der Waals surface area (Å²) in [5.41, 5.74) is 2.54. The Kier molecular flexibility index (Phi) is 8.27. The number of carbonyl (C=O) groups excluding carboxylic acids is 1. The summed E-state index contributed by atoms with van der Waals surface area (Å²) >= 11 is 0. The predicted molar refractivity (Wildman–Crippen MR) is 132 cm³/mol. The van der Waals surface area contributed by atoms with Gasteiger partial charge in [-0.05, 0) is 56.0 Å². The van der Waals surface area contributed by atoms with Gasteiger partial charge in [-0.1, -0.05) is 37.3 Å². The Morgan fingerprint density at radius 3 is 2.32 bits per heavy atom. The van der Waals surface area contributed by atoms with Crippen LogP contribution in [0.4, 0.5) is 11.4 Å². The molecule has 1 N–H and O–H groups in total. The van der Waals surface area contributed by atoms with E-state index in [0.29, 0.717) is 5.56 Å². The molecule has 0 aromatic heterocycles. The average molecular weight is 489 g/mol. The van der Waals surface area contributed by atoms with Gasteiger partial charge in [0.2, 0.25) is 15.9 Å². The highest BCUT2D eigenvalue weighted by Crippen LogP contribution is 2.30. The lowest BCUT2D eigenvalue weighted by molar-refractivity contribution is -0.384. The number of sulfonamides is 1. The van der Waals surface area contributed by atoms with Gasteiger partial charge in [-0.25, -0.2) is 8.42 Å². The molecule has 3 rings (SSSR count). The number of nitro groups is 1. The van der Waals surface area contributed by atoms with Crippen molar-refractivity contribution >= 4 is 27.3 Å². The predicted octanol–water partition coefficient (Wildman–Crippen LogP) is 3.36. The zero-order chi connectivity index (χ0) is 24.9. The maximum absolute atomic E-state index is 13.1. The zero-order valence-electron chi connectivity index (χ0n) is 19.9. The fourth-order valence-corrected chi connectivity index (χ4v) is 5.51. The number of carbonyl (C=O) groups is 1. The molecule has 2 aromatic rings. The molecule has 0 saturated carbocycles. The van der Waals surface area contributed by atoms with Crippen molar-refractivity contribution in [2.45, 2.75) is 52.2 Å². The van der Waals surface area contributed by atoms with Crippen molar-refractivity contribution < 1.29 is 18.1 Å². The Balaban J connectivity index is 1.74. The molecular formula is C24H32N4O5S. The Hall–Kier alpha value is -2.98. The highest BCUT2D eigenvalue weighted by Gasteiger charge is 2.33. The summed E-state index contributed by atoms with van der Waals surface area (Å²) in [4.78, 5) is 26.2. The smallest absolute Gasteiger partial charge is 0.271 e. The molecule has 1 unspecified atom stereocenters. The summed E-state index contributed by atoms with van der Waals surface area (Å²) in [6.45, 7) is 6.78. The number of hydrogen-bond acceptors (Lipinski definition) is 6. The van der Waals surface area contributed by atoms with E-state index in [1.165, 1.54) is 36.6 Å². The average Bonchev–Trinajstić information content (AvgIpc) is 3.29. The number of nitrogens with zero attached hydrogens (tertiary/aromatic N) is 3. The molecule has 1 amide bonds. The topological polar surface area (TPSA) is 113 Å². The highest BCUT2D eigenvalue weighted by molar-refractivity contribution is 7.92. The highest BCUT2D eigenvalue weighted by atomic mass is 32.2. The van der Waals surface area contributed by atoms with Crippen LogP contribution in [0, 0.1) is 17.0 Å². The first kappa shape index (κ1) is 25.6. The Bertz CT molecular complexity index is 1130. The van der Waals surface area contributed by atoms with Crippen LogP contribution in [0.1, 0.15) is 42.9 Å². The number of nitrogens with one attached hydrogen (secondary N) is 1. The largest absolute Gasteiger partial charge is 0.350 e. The van der Waals surface area contributed by atoms with Crippen LogP contribution in [-0.4, -0.2) is 49.5 Å². The van der Waals surface area contributed by atoms with Gasteiger partial charge in [-0.3, -0.25) is 24.1 Å². The SMILES string of the molecule is CCC(C(=O)NCc1ccc(CN2CCCC2)cc1)N(c1cc([N+](=O)[O-])ccc1C)S(C)(=O)=O. The van der Waals surface area contributed by atoms with E-state index >= 15 is 0 Å². The van der Waals surface area contributed by atoms with Gasteiger partial charge >= 0.3 is 0 Å². The molecule has 0 aliphatic carbocycles. The van der Waals surface area contributed by atoms with Crippen LogP contribution in [-0.2, 0) is 27.9 Å². The number of aryl methyl sites for hydroxylation is 1. The van der Waals surface area contributed by atoms with Crippen LogP contribution in [0.25, 0.3) is 0 Å². The molecular weight excluding hydrogens is 456 g/mol.